The summed E-state index contributed by atoms with van der Waals surface area (Å²) in [6.07, 6.45) is 14.8. The summed E-state index contributed by atoms with van der Waals surface area (Å²) in [4.78, 5) is 72.1. The molecule has 0 aromatic carbocycles. The van der Waals surface area contributed by atoms with Crippen molar-refractivity contribution in [1.82, 2.24) is 26.6 Å². The monoisotopic (exact) mass is 820 g/mol. The third kappa shape index (κ3) is 34.3. The van der Waals surface area contributed by atoms with Crippen LogP contribution < -0.4 is 26.6 Å². The van der Waals surface area contributed by atoms with E-state index in [0.29, 0.717) is 78.2 Å². The van der Waals surface area contributed by atoms with E-state index in [4.69, 9.17) is 24.1 Å². The molecule has 0 heterocycles. The standard InChI is InChI=1S/C39H73N5O11S/c1-31(37(48)43-32(2)39(50)51)42-38(49)34(18-13-15-20-40-33(3)45)44-35(46)19-12-11-14-21-41-36(47)30-55-28-27-54-26-25-53-24-23-52-22-16-9-7-5-4-6-8-10-17-29-56/h31-32,34,56H,4-30H2,1-3H3,(H,40,45)(H,41,47)(H,42,49)(H,43,48)(H,44,46)(H,50,51)/t31-,32+,34+/m1/s1. The Labute approximate surface area is 340 Å². The molecule has 0 spiro atoms. The van der Waals surface area contributed by atoms with E-state index < -0.39 is 35.9 Å². The topological polar surface area (TPSA) is 220 Å². The van der Waals surface area contributed by atoms with Crippen LogP contribution in [0.15, 0.2) is 0 Å². The van der Waals surface area contributed by atoms with Crippen molar-refractivity contribution in [1.29, 1.82) is 0 Å². The van der Waals surface area contributed by atoms with E-state index in [2.05, 4.69) is 39.2 Å². The molecule has 0 saturated carbocycles. The first-order valence-electron chi connectivity index (χ1n) is 20.5. The van der Waals surface area contributed by atoms with Gasteiger partial charge >= 0.3 is 5.97 Å². The summed E-state index contributed by atoms with van der Waals surface area (Å²) in [7, 11) is 0. The van der Waals surface area contributed by atoms with Crippen LogP contribution in [0.4, 0.5) is 0 Å². The highest BCUT2D eigenvalue weighted by Crippen LogP contribution is 2.10. The van der Waals surface area contributed by atoms with E-state index in [9.17, 15) is 28.8 Å². The van der Waals surface area contributed by atoms with Crippen molar-refractivity contribution in [3.63, 3.8) is 0 Å². The summed E-state index contributed by atoms with van der Waals surface area (Å²) >= 11 is 4.24. The molecule has 0 saturated heterocycles. The fraction of sp³-hybridized carbons (Fsp3) is 0.846. The van der Waals surface area contributed by atoms with E-state index in [1.807, 2.05) is 0 Å². The molecule has 0 aliphatic carbocycles. The van der Waals surface area contributed by atoms with Crippen LogP contribution in [-0.4, -0.2) is 130 Å². The number of carbonyl (C=O) groups is 6. The molecule has 0 unspecified atom stereocenters. The number of hydrogen-bond donors (Lipinski definition) is 7. The van der Waals surface area contributed by atoms with Crippen LogP contribution in [0.1, 0.15) is 124 Å². The molecule has 5 amide bonds. The number of unbranched alkanes of at least 4 members (excludes halogenated alkanes) is 11. The second-order valence-corrected chi connectivity index (χ2v) is 14.3. The lowest BCUT2D eigenvalue weighted by molar-refractivity contribution is -0.141. The summed E-state index contributed by atoms with van der Waals surface area (Å²) in [5.74, 6) is -2.20. The van der Waals surface area contributed by atoms with Gasteiger partial charge in [0.25, 0.3) is 0 Å². The molecule has 0 aliphatic heterocycles. The summed E-state index contributed by atoms with van der Waals surface area (Å²) in [5, 5.41) is 22.0. The first-order valence-corrected chi connectivity index (χ1v) is 21.2. The van der Waals surface area contributed by atoms with Gasteiger partial charge in [0.1, 0.15) is 24.7 Å². The van der Waals surface area contributed by atoms with Gasteiger partial charge < -0.3 is 50.6 Å². The smallest absolute Gasteiger partial charge is 0.325 e. The van der Waals surface area contributed by atoms with E-state index >= 15 is 0 Å². The van der Waals surface area contributed by atoms with Crippen LogP contribution in [0.2, 0.25) is 0 Å². The minimum atomic E-state index is -1.21. The Kier molecular flexibility index (Phi) is 35.6. The highest BCUT2D eigenvalue weighted by Gasteiger charge is 2.25. The molecule has 56 heavy (non-hydrogen) atoms. The maximum atomic E-state index is 13.0. The summed E-state index contributed by atoms with van der Waals surface area (Å²) in [6, 6.07) is -3.08. The highest BCUT2D eigenvalue weighted by molar-refractivity contribution is 7.80. The molecule has 0 aromatic heterocycles. The van der Waals surface area contributed by atoms with Gasteiger partial charge in [0, 0.05) is 33.0 Å². The zero-order valence-corrected chi connectivity index (χ0v) is 35.2. The summed E-state index contributed by atoms with van der Waals surface area (Å²) in [5.41, 5.74) is 0. The van der Waals surface area contributed by atoms with Crippen molar-refractivity contribution < 1.29 is 52.8 Å². The average Bonchev–Trinajstić information content (AvgIpc) is 3.15. The Balaban J connectivity index is 3.96. The van der Waals surface area contributed by atoms with E-state index in [-0.39, 0.29) is 43.8 Å². The molecular weight excluding hydrogens is 747 g/mol. The molecule has 0 aliphatic rings. The van der Waals surface area contributed by atoms with Gasteiger partial charge in [0.15, 0.2) is 0 Å². The number of nitrogens with one attached hydrogen (secondary N) is 5. The fourth-order valence-corrected chi connectivity index (χ4v) is 5.52. The second kappa shape index (κ2) is 37.6. The lowest BCUT2D eigenvalue weighted by Crippen LogP contribution is -2.54. The predicted molar refractivity (Wildman–Crippen MR) is 217 cm³/mol. The minimum Gasteiger partial charge on any atom is -0.480 e. The fourth-order valence-electron chi connectivity index (χ4n) is 5.30. The normalized spacial score (nSPS) is 12.6. The molecule has 16 nitrogen and oxygen atoms in total. The van der Waals surface area contributed by atoms with E-state index in [0.717, 1.165) is 18.8 Å². The molecule has 326 valence electrons. The summed E-state index contributed by atoms with van der Waals surface area (Å²) < 4.78 is 22.0. The van der Waals surface area contributed by atoms with Crippen LogP contribution in [0.3, 0.4) is 0 Å². The number of carbonyl (C=O) groups excluding carboxylic acids is 5. The predicted octanol–water partition coefficient (Wildman–Crippen LogP) is 3.06. The zero-order valence-electron chi connectivity index (χ0n) is 34.3. The van der Waals surface area contributed by atoms with Crippen LogP contribution in [0, 0.1) is 0 Å². The maximum absolute atomic E-state index is 13.0. The minimum absolute atomic E-state index is 0.0799. The Hall–Kier alpha value is -2.99. The van der Waals surface area contributed by atoms with Crippen LogP contribution >= 0.6 is 12.6 Å². The third-order valence-electron chi connectivity index (χ3n) is 8.63. The van der Waals surface area contributed by atoms with Crippen molar-refractivity contribution in [3.8, 4) is 0 Å². The Morgan fingerprint density at radius 2 is 1.04 bits per heavy atom. The maximum Gasteiger partial charge on any atom is 0.325 e. The van der Waals surface area contributed by atoms with Crippen LogP contribution in [0.5, 0.6) is 0 Å². The largest absolute Gasteiger partial charge is 0.480 e. The first-order chi connectivity index (χ1) is 27.0. The lowest BCUT2D eigenvalue weighted by Gasteiger charge is -2.22. The third-order valence-corrected chi connectivity index (χ3v) is 8.94. The molecule has 6 N–H and O–H groups in total. The van der Waals surface area contributed by atoms with Gasteiger partial charge in [-0.25, -0.2) is 0 Å². The molecule has 0 rings (SSSR count). The zero-order chi connectivity index (χ0) is 41.7. The molecule has 0 radical (unpaired) electrons. The molecular formula is C39H73N5O11S. The van der Waals surface area contributed by atoms with Crippen LogP contribution in [-0.2, 0) is 47.7 Å². The van der Waals surface area contributed by atoms with Gasteiger partial charge in [-0.1, -0.05) is 51.4 Å². The first kappa shape index (κ1) is 53.0. The average molecular weight is 820 g/mol. The van der Waals surface area contributed by atoms with Gasteiger partial charge in [-0.05, 0) is 64.5 Å². The number of ether oxygens (including phenoxy) is 4. The number of carboxylic acids is 1. The Bertz CT molecular complexity index is 1070. The van der Waals surface area contributed by atoms with Crippen molar-refractivity contribution in [2.45, 2.75) is 142 Å². The second-order valence-electron chi connectivity index (χ2n) is 13.9. The number of hydrogen-bond acceptors (Lipinski definition) is 11. The molecule has 0 bridgehead atoms. The number of aliphatic carboxylic acids is 1. The summed E-state index contributed by atoms with van der Waals surface area (Å²) in [6.45, 7) is 8.32. The Morgan fingerprint density at radius 3 is 1.62 bits per heavy atom. The van der Waals surface area contributed by atoms with Gasteiger partial charge in [0.05, 0.1) is 39.6 Å². The lowest BCUT2D eigenvalue weighted by atomic mass is 10.1. The van der Waals surface area contributed by atoms with Gasteiger partial charge in [-0.3, -0.25) is 28.8 Å². The van der Waals surface area contributed by atoms with Crippen molar-refractivity contribution in [2.24, 2.45) is 0 Å². The molecule has 3 atom stereocenters. The molecule has 17 heteroatoms. The highest BCUT2D eigenvalue weighted by atomic mass is 32.1. The van der Waals surface area contributed by atoms with Gasteiger partial charge in [-0.2, -0.15) is 12.6 Å². The van der Waals surface area contributed by atoms with Crippen molar-refractivity contribution in [3.05, 3.63) is 0 Å². The SMILES string of the molecule is CC(=O)NCCCC[C@H](NC(=O)CCCCCNC(=O)COCCOCCOCCOCCCCCCCCCCCS)C(=O)N[C@H](C)C(=O)N[C@@H](C)C(=O)O. The van der Waals surface area contributed by atoms with Gasteiger partial charge in [-0.15, -0.1) is 0 Å². The van der Waals surface area contributed by atoms with Crippen molar-refractivity contribution in [2.75, 3.05) is 71.7 Å². The number of amides is 5. The van der Waals surface area contributed by atoms with Crippen LogP contribution in [0.25, 0.3) is 0 Å². The van der Waals surface area contributed by atoms with E-state index in [1.165, 1.54) is 72.1 Å². The Morgan fingerprint density at radius 1 is 0.536 bits per heavy atom. The number of carboxylic acid groups (broad SMARTS) is 1. The molecule has 0 fully saturated rings. The number of rotatable bonds is 39. The van der Waals surface area contributed by atoms with E-state index in [1.54, 1.807) is 0 Å². The van der Waals surface area contributed by atoms with Gasteiger partial charge in [0.2, 0.25) is 29.5 Å². The number of thiol groups is 1. The van der Waals surface area contributed by atoms with Crippen molar-refractivity contribution >= 4 is 48.1 Å². The molecule has 0 aromatic rings. The quantitative estimate of drug-likeness (QED) is 0.0353.